The van der Waals surface area contributed by atoms with Gasteiger partial charge in [-0.2, -0.15) is 5.26 Å². The lowest BCUT2D eigenvalue weighted by atomic mass is 10.1. The Balaban J connectivity index is 2.28. The minimum Gasteiger partial charge on any atom is -0.481 e. The fourth-order valence-electron chi connectivity index (χ4n) is 2.25. The maximum absolute atomic E-state index is 10.8. The van der Waals surface area contributed by atoms with Crippen LogP contribution < -0.4 is 10.2 Å². The zero-order chi connectivity index (χ0) is 13.1. The number of nitriles is 1. The van der Waals surface area contributed by atoms with Crippen molar-refractivity contribution in [2.45, 2.75) is 19.4 Å². The van der Waals surface area contributed by atoms with Gasteiger partial charge >= 0.3 is 5.97 Å². The third kappa shape index (κ3) is 2.38. The summed E-state index contributed by atoms with van der Waals surface area (Å²) in [6.07, 6.45) is 0.111. The molecule has 0 bridgehead atoms. The molecule has 2 N–H and O–H groups in total. The van der Waals surface area contributed by atoms with Crippen LogP contribution in [-0.4, -0.2) is 30.2 Å². The van der Waals surface area contributed by atoms with Crippen molar-refractivity contribution in [3.05, 3.63) is 23.8 Å². The van der Waals surface area contributed by atoms with Crippen molar-refractivity contribution in [2.75, 3.05) is 23.3 Å². The lowest BCUT2D eigenvalue weighted by molar-refractivity contribution is -0.137. The minimum absolute atomic E-state index is 0.0590. The van der Waals surface area contributed by atoms with Gasteiger partial charge in [0.25, 0.3) is 0 Å². The highest BCUT2D eigenvalue weighted by molar-refractivity contribution is 5.75. The molecule has 5 nitrogen and oxygen atoms in total. The molecule has 1 atom stereocenters. The third-order valence-corrected chi connectivity index (χ3v) is 3.11. The van der Waals surface area contributed by atoms with Crippen LogP contribution in [0.4, 0.5) is 11.4 Å². The van der Waals surface area contributed by atoms with Gasteiger partial charge in [-0.1, -0.05) is 0 Å². The van der Waals surface area contributed by atoms with Gasteiger partial charge in [0.1, 0.15) is 0 Å². The molecule has 0 aromatic heterocycles. The van der Waals surface area contributed by atoms with Crippen molar-refractivity contribution >= 4 is 17.3 Å². The fourth-order valence-corrected chi connectivity index (χ4v) is 2.25. The number of nitrogens with one attached hydrogen (secondary N) is 1. The van der Waals surface area contributed by atoms with Crippen LogP contribution in [0.25, 0.3) is 0 Å². The van der Waals surface area contributed by atoms with Crippen LogP contribution in [0.1, 0.15) is 18.9 Å². The Labute approximate surface area is 106 Å². The molecular formula is C13H15N3O2. The van der Waals surface area contributed by atoms with E-state index in [-0.39, 0.29) is 12.5 Å². The summed E-state index contributed by atoms with van der Waals surface area (Å²) in [5.41, 5.74) is 2.47. The van der Waals surface area contributed by atoms with E-state index in [0.717, 1.165) is 24.5 Å². The Kier molecular flexibility index (Phi) is 3.38. The van der Waals surface area contributed by atoms with Gasteiger partial charge in [-0.25, -0.2) is 0 Å². The third-order valence-electron chi connectivity index (χ3n) is 3.11. The van der Waals surface area contributed by atoms with E-state index in [9.17, 15) is 4.79 Å². The van der Waals surface area contributed by atoms with Gasteiger partial charge in [0, 0.05) is 19.1 Å². The molecule has 1 heterocycles. The Morgan fingerprint density at radius 1 is 1.67 bits per heavy atom. The number of aliphatic carboxylic acids is 1. The molecule has 0 amide bonds. The maximum atomic E-state index is 10.8. The van der Waals surface area contributed by atoms with Crippen LogP contribution in [0.2, 0.25) is 0 Å². The van der Waals surface area contributed by atoms with E-state index in [1.165, 1.54) is 0 Å². The number of carboxylic acid groups (broad SMARTS) is 1. The molecule has 0 radical (unpaired) electrons. The van der Waals surface area contributed by atoms with Gasteiger partial charge in [0.05, 0.1) is 29.4 Å². The van der Waals surface area contributed by atoms with Crippen molar-refractivity contribution in [1.29, 1.82) is 5.26 Å². The number of nitrogens with zero attached hydrogens (tertiary/aromatic N) is 2. The van der Waals surface area contributed by atoms with Crippen LogP contribution in [0, 0.1) is 11.3 Å². The predicted octanol–water partition coefficient (Wildman–Crippen LogP) is 1.65. The summed E-state index contributed by atoms with van der Waals surface area (Å²) in [5, 5.41) is 21.0. The van der Waals surface area contributed by atoms with Crippen LogP contribution >= 0.6 is 0 Å². The molecule has 0 spiro atoms. The molecular weight excluding hydrogens is 230 g/mol. The normalized spacial score (nSPS) is 15.2. The first-order valence-electron chi connectivity index (χ1n) is 5.88. The van der Waals surface area contributed by atoms with Gasteiger partial charge < -0.3 is 15.3 Å². The highest BCUT2D eigenvalue weighted by Gasteiger charge is 2.22. The number of fused-ring (bicyclic) bond motifs is 1. The average molecular weight is 245 g/mol. The van der Waals surface area contributed by atoms with E-state index < -0.39 is 5.97 Å². The molecule has 94 valence electrons. The lowest BCUT2D eigenvalue weighted by Gasteiger charge is -2.36. The molecule has 2 rings (SSSR count). The zero-order valence-corrected chi connectivity index (χ0v) is 10.2. The largest absolute Gasteiger partial charge is 0.481 e. The summed E-state index contributed by atoms with van der Waals surface area (Å²) in [5.74, 6) is -0.795. The monoisotopic (exact) mass is 245 g/mol. The highest BCUT2D eigenvalue weighted by Crippen LogP contribution is 2.31. The number of carboxylic acids is 1. The minimum atomic E-state index is -0.795. The first-order chi connectivity index (χ1) is 8.61. The Hall–Kier alpha value is -2.22. The average Bonchev–Trinajstić information content (AvgIpc) is 2.36. The van der Waals surface area contributed by atoms with Gasteiger partial charge in [-0.05, 0) is 25.1 Å². The van der Waals surface area contributed by atoms with Crippen LogP contribution in [0.3, 0.4) is 0 Å². The summed E-state index contributed by atoms with van der Waals surface area (Å²) in [6, 6.07) is 7.47. The predicted molar refractivity (Wildman–Crippen MR) is 68.7 cm³/mol. The van der Waals surface area contributed by atoms with E-state index in [0.29, 0.717) is 5.56 Å². The molecule has 0 aliphatic carbocycles. The highest BCUT2D eigenvalue weighted by atomic mass is 16.4. The van der Waals surface area contributed by atoms with Crippen LogP contribution in [0.15, 0.2) is 18.2 Å². The van der Waals surface area contributed by atoms with Gasteiger partial charge in [-0.15, -0.1) is 0 Å². The van der Waals surface area contributed by atoms with Gasteiger partial charge in [0.15, 0.2) is 0 Å². The number of carbonyl (C=O) groups is 1. The second-order valence-corrected chi connectivity index (χ2v) is 4.41. The summed E-state index contributed by atoms with van der Waals surface area (Å²) in [7, 11) is 0. The maximum Gasteiger partial charge on any atom is 0.305 e. The molecule has 0 saturated heterocycles. The molecule has 1 aromatic carbocycles. The molecule has 1 unspecified atom stereocenters. The van der Waals surface area contributed by atoms with Crippen molar-refractivity contribution in [2.24, 2.45) is 0 Å². The van der Waals surface area contributed by atoms with Gasteiger partial charge in [-0.3, -0.25) is 4.79 Å². The summed E-state index contributed by atoms with van der Waals surface area (Å²) in [6.45, 7) is 3.43. The number of hydrogen-bond acceptors (Lipinski definition) is 4. The molecule has 0 fully saturated rings. The van der Waals surface area contributed by atoms with Gasteiger partial charge in [0.2, 0.25) is 0 Å². The summed E-state index contributed by atoms with van der Waals surface area (Å²) < 4.78 is 0. The van der Waals surface area contributed by atoms with Crippen molar-refractivity contribution < 1.29 is 9.90 Å². The van der Waals surface area contributed by atoms with E-state index >= 15 is 0 Å². The van der Waals surface area contributed by atoms with Crippen LogP contribution in [0.5, 0.6) is 0 Å². The quantitative estimate of drug-likeness (QED) is 0.846. The Bertz CT molecular complexity index is 507. The summed E-state index contributed by atoms with van der Waals surface area (Å²) in [4.78, 5) is 12.8. The van der Waals surface area contributed by atoms with Crippen molar-refractivity contribution in [3.8, 4) is 6.07 Å². The van der Waals surface area contributed by atoms with Crippen LogP contribution in [-0.2, 0) is 4.79 Å². The standard InChI is InChI=1S/C13H15N3O2/c1-9(6-13(17)18)16-5-4-15-11-7-10(8-14)2-3-12(11)16/h2-3,7,9,15H,4-6H2,1H3,(H,17,18). The van der Waals surface area contributed by atoms with E-state index in [4.69, 9.17) is 10.4 Å². The fraction of sp³-hybridized carbons (Fsp3) is 0.385. The first kappa shape index (κ1) is 12.2. The SMILES string of the molecule is CC(CC(=O)O)N1CCNc2cc(C#N)ccc21. The van der Waals surface area contributed by atoms with Crippen molar-refractivity contribution in [1.82, 2.24) is 0 Å². The Morgan fingerprint density at radius 2 is 2.44 bits per heavy atom. The lowest BCUT2D eigenvalue weighted by Crippen LogP contribution is -2.41. The second-order valence-electron chi connectivity index (χ2n) is 4.41. The van der Waals surface area contributed by atoms with E-state index in [2.05, 4.69) is 16.3 Å². The van der Waals surface area contributed by atoms with E-state index in [1.54, 1.807) is 12.1 Å². The number of benzene rings is 1. The first-order valence-corrected chi connectivity index (χ1v) is 5.88. The summed E-state index contributed by atoms with van der Waals surface area (Å²) >= 11 is 0. The zero-order valence-electron chi connectivity index (χ0n) is 10.2. The molecule has 5 heteroatoms. The second kappa shape index (κ2) is 4.96. The molecule has 18 heavy (non-hydrogen) atoms. The van der Waals surface area contributed by atoms with E-state index in [1.807, 2.05) is 13.0 Å². The topological polar surface area (TPSA) is 76.4 Å². The molecule has 1 aliphatic heterocycles. The van der Waals surface area contributed by atoms with Crippen molar-refractivity contribution in [3.63, 3.8) is 0 Å². The molecule has 0 saturated carbocycles. The Morgan fingerprint density at radius 3 is 3.11 bits per heavy atom. The number of hydrogen-bond donors (Lipinski definition) is 2. The number of rotatable bonds is 3. The number of anilines is 2. The molecule has 1 aliphatic rings. The molecule has 1 aromatic rings. The smallest absolute Gasteiger partial charge is 0.305 e.